The highest BCUT2D eigenvalue weighted by Gasteiger charge is 2.00. The van der Waals surface area contributed by atoms with Gasteiger partial charge in [-0.2, -0.15) is 0 Å². The predicted molar refractivity (Wildman–Crippen MR) is 60.9 cm³/mol. The Hall–Kier alpha value is -1.79. The predicted octanol–water partition coefficient (Wildman–Crippen LogP) is 1.74. The van der Waals surface area contributed by atoms with Crippen molar-refractivity contribution in [2.24, 2.45) is 0 Å². The number of ether oxygens (including phenoxy) is 1. The summed E-state index contributed by atoms with van der Waals surface area (Å²) < 4.78 is 5.02. The summed E-state index contributed by atoms with van der Waals surface area (Å²) in [4.78, 5) is 11.0. The average molecular weight is 218 g/mol. The van der Waals surface area contributed by atoms with Crippen molar-refractivity contribution in [3.05, 3.63) is 29.8 Å². The van der Waals surface area contributed by atoms with Crippen molar-refractivity contribution in [1.82, 2.24) is 0 Å². The van der Waals surface area contributed by atoms with Crippen LogP contribution in [0.1, 0.15) is 25.3 Å². The Morgan fingerprint density at radius 3 is 2.62 bits per heavy atom. The van der Waals surface area contributed by atoms with Crippen LogP contribution in [-0.2, 0) is 4.79 Å². The molecule has 3 heteroatoms. The molecule has 0 bridgehead atoms. The molecule has 0 saturated heterocycles. The fourth-order valence-corrected chi connectivity index (χ4v) is 1.03. The summed E-state index contributed by atoms with van der Waals surface area (Å²) in [6.07, 6.45) is 0.824. The first-order chi connectivity index (χ1) is 7.76. The van der Waals surface area contributed by atoms with Crippen LogP contribution < -0.4 is 4.74 Å². The van der Waals surface area contributed by atoms with E-state index in [9.17, 15) is 4.79 Å². The van der Waals surface area contributed by atoms with E-state index in [-0.39, 0.29) is 12.6 Å². The zero-order chi connectivity index (χ0) is 11.8. The van der Waals surface area contributed by atoms with Crippen LogP contribution in [0.4, 0.5) is 0 Å². The molecule has 0 fully saturated rings. The molecule has 0 spiro atoms. The zero-order valence-electron chi connectivity index (χ0n) is 9.19. The van der Waals surface area contributed by atoms with Gasteiger partial charge in [-0.15, -0.1) is 0 Å². The summed E-state index contributed by atoms with van der Waals surface area (Å²) in [6, 6.07) is 6.97. The standard InChI is InChI=1S/C13H14O3/c1-2-13(15)16-12-8-6-11(7-9-12)5-3-4-10-14/h6-9,14H,2,4,10H2,1H3. The van der Waals surface area contributed by atoms with Crippen LogP contribution in [0.5, 0.6) is 5.75 Å². The highest BCUT2D eigenvalue weighted by atomic mass is 16.5. The first kappa shape index (κ1) is 12.3. The van der Waals surface area contributed by atoms with Gasteiger partial charge in [0.1, 0.15) is 5.75 Å². The Bertz CT molecular complexity index is 395. The van der Waals surface area contributed by atoms with Crippen LogP contribution in [0.3, 0.4) is 0 Å². The minimum atomic E-state index is -0.251. The van der Waals surface area contributed by atoms with E-state index in [0.29, 0.717) is 18.6 Å². The minimum Gasteiger partial charge on any atom is -0.427 e. The third-order valence-electron chi connectivity index (χ3n) is 1.84. The lowest BCUT2D eigenvalue weighted by atomic mass is 10.2. The van der Waals surface area contributed by atoms with Crippen molar-refractivity contribution in [2.45, 2.75) is 19.8 Å². The number of hydrogen-bond donors (Lipinski definition) is 1. The first-order valence-electron chi connectivity index (χ1n) is 5.16. The lowest BCUT2D eigenvalue weighted by Gasteiger charge is -2.01. The normalized spacial score (nSPS) is 9.12. The highest BCUT2D eigenvalue weighted by Crippen LogP contribution is 2.12. The molecule has 3 nitrogen and oxygen atoms in total. The van der Waals surface area contributed by atoms with Crippen LogP contribution in [0.2, 0.25) is 0 Å². The van der Waals surface area contributed by atoms with Gasteiger partial charge in [-0.05, 0) is 24.3 Å². The van der Waals surface area contributed by atoms with Crippen molar-refractivity contribution in [3.63, 3.8) is 0 Å². The van der Waals surface area contributed by atoms with Gasteiger partial charge in [-0.25, -0.2) is 0 Å². The number of aliphatic hydroxyl groups excluding tert-OH is 1. The largest absolute Gasteiger partial charge is 0.427 e. The maximum atomic E-state index is 11.0. The van der Waals surface area contributed by atoms with Crippen molar-refractivity contribution < 1.29 is 14.6 Å². The first-order valence-corrected chi connectivity index (χ1v) is 5.16. The number of carbonyl (C=O) groups excluding carboxylic acids is 1. The fraction of sp³-hybridized carbons (Fsp3) is 0.308. The number of carbonyl (C=O) groups is 1. The van der Waals surface area contributed by atoms with Gasteiger partial charge in [-0.3, -0.25) is 4.79 Å². The van der Waals surface area contributed by atoms with Crippen molar-refractivity contribution in [2.75, 3.05) is 6.61 Å². The van der Waals surface area contributed by atoms with E-state index in [0.717, 1.165) is 5.56 Å². The number of aliphatic hydroxyl groups is 1. The third kappa shape index (κ3) is 4.16. The Kier molecular flexibility index (Phi) is 5.10. The van der Waals surface area contributed by atoms with Crippen LogP contribution in [0.15, 0.2) is 24.3 Å². The summed E-state index contributed by atoms with van der Waals surface area (Å²) >= 11 is 0. The van der Waals surface area contributed by atoms with Gasteiger partial charge in [0.2, 0.25) is 0 Å². The second-order valence-electron chi connectivity index (χ2n) is 3.13. The molecule has 0 heterocycles. The average Bonchev–Trinajstić information content (AvgIpc) is 2.31. The summed E-state index contributed by atoms with van der Waals surface area (Å²) in [5.41, 5.74) is 0.838. The van der Waals surface area contributed by atoms with E-state index in [4.69, 9.17) is 9.84 Å². The molecule has 0 aromatic heterocycles. The summed E-state index contributed by atoms with van der Waals surface area (Å²) in [6.45, 7) is 1.82. The lowest BCUT2D eigenvalue weighted by molar-refractivity contribution is -0.134. The molecule has 0 radical (unpaired) electrons. The Morgan fingerprint density at radius 1 is 1.38 bits per heavy atom. The molecule has 0 saturated carbocycles. The fourth-order valence-electron chi connectivity index (χ4n) is 1.03. The quantitative estimate of drug-likeness (QED) is 0.477. The SMILES string of the molecule is CCC(=O)Oc1ccc(C#CCCO)cc1. The second kappa shape index (κ2) is 6.65. The lowest BCUT2D eigenvalue weighted by Crippen LogP contribution is -2.05. The summed E-state index contributed by atoms with van der Waals surface area (Å²) in [7, 11) is 0. The van der Waals surface area contributed by atoms with E-state index in [1.54, 1.807) is 31.2 Å². The Morgan fingerprint density at radius 2 is 2.06 bits per heavy atom. The molecule has 0 atom stereocenters. The van der Waals surface area contributed by atoms with Gasteiger partial charge in [0.05, 0.1) is 6.61 Å². The van der Waals surface area contributed by atoms with E-state index in [1.807, 2.05) is 0 Å². The van der Waals surface area contributed by atoms with Gasteiger partial charge in [0.25, 0.3) is 0 Å². The van der Waals surface area contributed by atoms with Gasteiger partial charge in [0.15, 0.2) is 0 Å². The van der Waals surface area contributed by atoms with Crippen LogP contribution >= 0.6 is 0 Å². The monoisotopic (exact) mass is 218 g/mol. The molecule has 0 amide bonds. The van der Waals surface area contributed by atoms with Crippen molar-refractivity contribution in [3.8, 4) is 17.6 Å². The molecule has 1 aromatic rings. The number of benzene rings is 1. The Balaban J connectivity index is 2.62. The summed E-state index contributed by atoms with van der Waals surface area (Å²) in [5.74, 6) is 5.98. The van der Waals surface area contributed by atoms with E-state index < -0.39 is 0 Å². The van der Waals surface area contributed by atoms with E-state index in [1.165, 1.54) is 0 Å². The molecule has 1 rings (SSSR count). The molecule has 1 aromatic carbocycles. The van der Waals surface area contributed by atoms with Crippen molar-refractivity contribution >= 4 is 5.97 Å². The molecule has 0 aliphatic carbocycles. The van der Waals surface area contributed by atoms with Gasteiger partial charge in [-0.1, -0.05) is 18.8 Å². The Labute approximate surface area is 95.1 Å². The molecule has 0 aliphatic rings. The van der Waals surface area contributed by atoms with Gasteiger partial charge in [0, 0.05) is 18.4 Å². The molecular formula is C13H14O3. The van der Waals surface area contributed by atoms with E-state index >= 15 is 0 Å². The number of rotatable bonds is 3. The summed E-state index contributed by atoms with van der Waals surface area (Å²) in [5, 5.41) is 8.55. The molecule has 1 N–H and O–H groups in total. The second-order valence-corrected chi connectivity index (χ2v) is 3.13. The minimum absolute atomic E-state index is 0.0686. The smallest absolute Gasteiger partial charge is 0.310 e. The zero-order valence-corrected chi connectivity index (χ0v) is 9.19. The molecular weight excluding hydrogens is 204 g/mol. The van der Waals surface area contributed by atoms with Crippen LogP contribution in [0.25, 0.3) is 0 Å². The number of hydrogen-bond acceptors (Lipinski definition) is 3. The maximum Gasteiger partial charge on any atom is 0.310 e. The molecule has 84 valence electrons. The molecule has 0 unspecified atom stereocenters. The third-order valence-corrected chi connectivity index (χ3v) is 1.84. The van der Waals surface area contributed by atoms with Gasteiger partial charge < -0.3 is 9.84 Å². The highest BCUT2D eigenvalue weighted by molar-refractivity contribution is 5.71. The number of esters is 1. The van der Waals surface area contributed by atoms with Crippen molar-refractivity contribution in [1.29, 1.82) is 0 Å². The van der Waals surface area contributed by atoms with E-state index in [2.05, 4.69) is 11.8 Å². The molecule has 0 aliphatic heterocycles. The maximum absolute atomic E-state index is 11.0. The molecule has 16 heavy (non-hydrogen) atoms. The van der Waals surface area contributed by atoms with Crippen LogP contribution in [0, 0.1) is 11.8 Å². The van der Waals surface area contributed by atoms with Crippen LogP contribution in [-0.4, -0.2) is 17.7 Å². The van der Waals surface area contributed by atoms with Gasteiger partial charge >= 0.3 is 5.97 Å². The topological polar surface area (TPSA) is 46.5 Å².